The quantitative estimate of drug-likeness (QED) is 0.891. The molecule has 1 aliphatic heterocycles. The zero-order valence-electron chi connectivity index (χ0n) is 13.1. The van der Waals surface area contributed by atoms with Gasteiger partial charge in [-0.2, -0.15) is 0 Å². The number of anilines is 1. The highest BCUT2D eigenvalue weighted by atomic mass is 16.6. The molecule has 23 heavy (non-hydrogen) atoms. The highest BCUT2D eigenvalue weighted by Gasteiger charge is 2.20. The van der Waals surface area contributed by atoms with Gasteiger partial charge in [-0.3, -0.25) is 4.79 Å². The number of ether oxygens (including phenoxy) is 2. The lowest BCUT2D eigenvalue weighted by atomic mass is 10.1. The molecule has 2 N–H and O–H groups in total. The molecule has 1 aliphatic rings. The minimum Gasteiger partial charge on any atom is -0.486 e. The van der Waals surface area contributed by atoms with Crippen molar-refractivity contribution in [3.05, 3.63) is 53.6 Å². The van der Waals surface area contributed by atoms with Crippen molar-refractivity contribution in [3.8, 4) is 11.5 Å². The summed E-state index contributed by atoms with van der Waals surface area (Å²) in [6, 6.07) is 13.1. The summed E-state index contributed by atoms with van der Waals surface area (Å²) < 4.78 is 11.1. The van der Waals surface area contributed by atoms with Crippen molar-refractivity contribution in [1.82, 2.24) is 5.32 Å². The van der Waals surface area contributed by atoms with Gasteiger partial charge in [0.25, 0.3) is 5.91 Å². The first-order valence-electron chi connectivity index (χ1n) is 7.78. The molecule has 2 aromatic rings. The molecule has 0 saturated carbocycles. The molecule has 0 radical (unpaired) electrons. The van der Waals surface area contributed by atoms with E-state index in [-0.39, 0.29) is 5.91 Å². The maximum absolute atomic E-state index is 12.6. The topological polar surface area (TPSA) is 59.6 Å². The molecule has 120 valence electrons. The number of hydrogen-bond donors (Lipinski definition) is 2. The van der Waals surface area contributed by atoms with Crippen LogP contribution in [0.2, 0.25) is 0 Å². The molecule has 0 aliphatic carbocycles. The molecule has 1 heterocycles. The summed E-state index contributed by atoms with van der Waals surface area (Å²) in [6.07, 6.45) is 0. The van der Waals surface area contributed by atoms with Crippen LogP contribution < -0.4 is 20.1 Å². The maximum atomic E-state index is 12.6. The van der Waals surface area contributed by atoms with Crippen LogP contribution in [0.3, 0.4) is 0 Å². The predicted octanol–water partition coefficient (Wildman–Crippen LogP) is 2.82. The van der Waals surface area contributed by atoms with Crippen molar-refractivity contribution < 1.29 is 14.3 Å². The molecule has 0 spiro atoms. The minimum absolute atomic E-state index is 0.198. The summed E-state index contributed by atoms with van der Waals surface area (Å²) in [6.45, 7) is 4.59. The van der Waals surface area contributed by atoms with Crippen LogP contribution in [-0.4, -0.2) is 25.7 Å². The Balaban J connectivity index is 1.83. The molecule has 3 rings (SSSR count). The molecule has 1 amide bonds. The lowest BCUT2D eigenvalue weighted by Gasteiger charge is -2.20. The Bertz CT molecular complexity index is 700. The number of nitrogens with one attached hydrogen (secondary N) is 2. The smallest absolute Gasteiger partial charge is 0.259 e. The van der Waals surface area contributed by atoms with Gasteiger partial charge in [0.15, 0.2) is 11.5 Å². The first-order chi connectivity index (χ1) is 11.3. The fourth-order valence-corrected chi connectivity index (χ4v) is 2.50. The Labute approximate surface area is 135 Å². The zero-order chi connectivity index (χ0) is 16.1. The molecule has 0 aromatic heterocycles. The lowest BCUT2D eigenvalue weighted by molar-refractivity contribution is 0.101. The second-order valence-electron chi connectivity index (χ2n) is 5.22. The Morgan fingerprint density at radius 2 is 1.91 bits per heavy atom. The monoisotopic (exact) mass is 312 g/mol. The van der Waals surface area contributed by atoms with Gasteiger partial charge >= 0.3 is 0 Å². The zero-order valence-corrected chi connectivity index (χ0v) is 13.1. The van der Waals surface area contributed by atoms with Crippen molar-refractivity contribution in [2.24, 2.45) is 0 Å². The van der Waals surface area contributed by atoms with E-state index in [1.54, 1.807) is 12.1 Å². The number of carbonyl (C=O) groups is 1. The van der Waals surface area contributed by atoms with E-state index in [1.165, 1.54) is 0 Å². The fraction of sp³-hybridized carbons (Fsp3) is 0.278. The number of rotatable bonds is 5. The van der Waals surface area contributed by atoms with Crippen LogP contribution in [0.15, 0.2) is 42.5 Å². The van der Waals surface area contributed by atoms with Gasteiger partial charge in [-0.1, -0.05) is 31.2 Å². The molecule has 5 heteroatoms. The molecule has 5 nitrogen and oxygen atoms in total. The molecule has 0 unspecified atom stereocenters. The predicted molar refractivity (Wildman–Crippen MR) is 89.2 cm³/mol. The third-order valence-corrected chi connectivity index (χ3v) is 3.64. The lowest BCUT2D eigenvalue weighted by Crippen LogP contribution is -2.21. The van der Waals surface area contributed by atoms with Gasteiger partial charge in [0.1, 0.15) is 13.2 Å². The van der Waals surface area contributed by atoms with Crippen LogP contribution in [0.4, 0.5) is 5.69 Å². The number of benzene rings is 2. The van der Waals surface area contributed by atoms with E-state index < -0.39 is 0 Å². The second kappa shape index (κ2) is 7.15. The van der Waals surface area contributed by atoms with E-state index in [0.717, 1.165) is 17.8 Å². The Hall–Kier alpha value is -2.53. The largest absolute Gasteiger partial charge is 0.486 e. The van der Waals surface area contributed by atoms with Crippen LogP contribution >= 0.6 is 0 Å². The van der Waals surface area contributed by atoms with Gasteiger partial charge in [0, 0.05) is 12.2 Å². The molecule has 0 bridgehead atoms. The number of amides is 1. The van der Waals surface area contributed by atoms with Crippen LogP contribution in [0.25, 0.3) is 0 Å². The average Bonchev–Trinajstić information content (AvgIpc) is 2.60. The first-order valence-corrected chi connectivity index (χ1v) is 7.78. The van der Waals surface area contributed by atoms with Gasteiger partial charge in [-0.25, -0.2) is 0 Å². The molecular formula is C18H20N2O3. The summed E-state index contributed by atoms with van der Waals surface area (Å²) in [4.78, 5) is 12.6. The van der Waals surface area contributed by atoms with Gasteiger partial charge < -0.3 is 20.1 Å². The minimum atomic E-state index is -0.198. The fourth-order valence-electron chi connectivity index (χ4n) is 2.50. The van der Waals surface area contributed by atoms with E-state index >= 15 is 0 Å². The van der Waals surface area contributed by atoms with E-state index in [9.17, 15) is 4.79 Å². The Morgan fingerprint density at radius 3 is 2.78 bits per heavy atom. The van der Waals surface area contributed by atoms with E-state index in [1.807, 2.05) is 30.3 Å². The van der Waals surface area contributed by atoms with Crippen molar-refractivity contribution in [2.45, 2.75) is 13.5 Å². The number of carbonyl (C=O) groups excluding carboxylic acids is 1. The summed E-state index contributed by atoms with van der Waals surface area (Å²) in [5.41, 5.74) is 2.33. The summed E-state index contributed by atoms with van der Waals surface area (Å²) in [5, 5.41) is 6.24. The highest BCUT2D eigenvalue weighted by molar-refractivity contribution is 6.07. The average molecular weight is 312 g/mol. The maximum Gasteiger partial charge on any atom is 0.259 e. The molecular weight excluding hydrogens is 292 g/mol. The van der Waals surface area contributed by atoms with Crippen molar-refractivity contribution >= 4 is 11.6 Å². The van der Waals surface area contributed by atoms with E-state index in [4.69, 9.17) is 9.47 Å². The Kier molecular flexibility index (Phi) is 4.78. The molecule has 0 saturated heterocycles. The standard InChI is InChI=1S/C18H20N2O3/c1-2-19-12-13-6-3-4-8-15(13)20-18(21)14-7-5-9-16-17(14)23-11-10-22-16/h3-9,19H,2,10-12H2,1H3,(H,20,21). The summed E-state index contributed by atoms with van der Waals surface area (Å²) in [7, 11) is 0. The van der Waals surface area contributed by atoms with Gasteiger partial charge in [0.2, 0.25) is 0 Å². The van der Waals surface area contributed by atoms with Crippen LogP contribution in [-0.2, 0) is 6.54 Å². The third-order valence-electron chi connectivity index (χ3n) is 3.64. The van der Waals surface area contributed by atoms with Gasteiger partial charge in [0.05, 0.1) is 5.56 Å². The summed E-state index contributed by atoms with van der Waals surface area (Å²) in [5.74, 6) is 0.932. The SMILES string of the molecule is CCNCc1ccccc1NC(=O)c1cccc2c1OCCO2. The molecule has 2 aromatic carbocycles. The van der Waals surface area contributed by atoms with Crippen LogP contribution in [0, 0.1) is 0 Å². The van der Waals surface area contributed by atoms with Crippen LogP contribution in [0.5, 0.6) is 11.5 Å². The van der Waals surface area contributed by atoms with Crippen molar-refractivity contribution in [1.29, 1.82) is 0 Å². The third kappa shape index (κ3) is 3.46. The molecule has 0 fully saturated rings. The van der Waals surface area contributed by atoms with Crippen molar-refractivity contribution in [2.75, 3.05) is 25.1 Å². The first kappa shape index (κ1) is 15.4. The van der Waals surface area contributed by atoms with E-state index in [2.05, 4.69) is 17.6 Å². The number of fused-ring (bicyclic) bond motifs is 1. The Morgan fingerprint density at radius 1 is 1.09 bits per heavy atom. The highest BCUT2D eigenvalue weighted by Crippen LogP contribution is 2.34. The van der Waals surface area contributed by atoms with Gasteiger partial charge in [-0.05, 0) is 30.3 Å². The van der Waals surface area contributed by atoms with Crippen LogP contribution in [0.1, 0.15) is 22.8 Å². The number of para-hydroxylation sites is 2. The summed E-state index contributed by atoms with van der Waals surface area (Å²) >= 11 is 0. The molecule has 0 atom stereocenters. The second-order valence-corrected chi connectivity index (χ2v) is 5.22. The van der Waals surface area contributed by atoms with Crippen molar-refractivity contribution in [3.63, 3.8) is 0 Å². The number of hydrogen-bond acceptors (Lipinski definition) is 4. The normalized spacial score (nSPS) is 12.7. The van der Waals surface area contributed by atoms with E-state index in [0.29, 0.717) is 36.8 Å². The van der Waals surface area contributed by atoms with Gasteiger partial charge in [-0.15, -0.1) is 0 Å².